The van der Waals surface area contributed by atoms with Crippen molar-refractivity contribution in [3.05, 3.63) is 0 Å². The topological polar surface area (TPSA) is 12.5 Å². The summed E-state index contributed by atoms with van der Waals surface area (Å²) < 4.78 is 167. The minimum absolute atomic E-state index is 2.34. The number of rotatable bonds is 1. The van der Waals surface area contributed by atoms with Crippen LogP contribution in [0.15, 0.2) is 0 Å². The molecule has 0 radical (unpaired) electrons. The van der Waals surface area contributed by atoms with Crippen molar-refractivity contribution >= 4 is 0 Å². The first-order chi connectivity index (χ1) is 9.34. The molecule has 1 saturated heterocycles. The van der Waals surface area contributed by atoms with Gasteiger partial charge in [-0.2, -0.15) is 52.7 Å². The van der Waals surface area contributed by atoms with Crippen molar-refractivity contribution in [2.45, 2.75) is 41.6 Å². The van der Waals surface area contributed by atoms with Crippen molar-refractivity contribution in [3.8, 4) is 0 Å². The molecule has 0 N–H and O–H groups in total. The summed E-state index contributed by atoms with van der Waals surface area (Å²) >= 11 is 0. The second-order valence-corrected chi connectivity index (χ2v) is 4.36. The summed E-state index contributed by atoms with van der Waals surface area (Å²) in [7, 11) is 0. The molecule has 2 rings (SSSR count). The number of hydrogen-bond donors (Lipinski definition) is 0. The highest BCUT2D eigenvalue weighted by Crippen LogP contribution is 2.72. The second kappa shape index (κ2) is 3.57. The summed E-state index contributed by atoms with van der Waals surface area (Å²) in [6.07, 6.45) is -5.84. The first-order valence-electron chi connectivity index (χ1n) is 4.79. The van der Waals surface area contributed by atoms with Crippen molar-refractivity contribution in [2.24, 2.45) is 0 Å². The van der Waals surface area contributed by atoms with Crippen LogP contribution < -0.4 is 0 Å². The van der Waals surface area contributed by atoms with Crippen molar-refractivity contribution in [1.29, 1.82) is 0 Å². The molecule has 1 saturated carbocycles. The van der Waals surface area contributed by atoms with E-state index < -0.39 is 46.7 Å². The summed E-state index contributed by atoms with van der Waals surface area (Å²) in [6, 6.07) is -6.31. The Morgan fingerprint density at radius 3 is 1.05 bits per heavy atom. The fourth-order valence-corrected chi connectivity index (χ4v) is 1.83. The maximum Gasteiger partial charge on any atom is 0.453 e. The number of hydrogen-bond acceptors (Lipinski definition) is 2. The van der Waals surface area contributed by atoms with Crippen LogP contribution in [0.4, 0.5) is 57.1 Å². The lowest BCUT2D eigenvalue weighted by Gasteiger charge is -2.51. The van der Waals surface area contributed by atoms with Crippen LogP contribution in [0.3, 0.4) is 0 Å². The van der Waals surface area contributed by atoms with Crippen LogP contribution in [-0.2, 0) is 4.84 Å². The van der Waals surface area contributed by atoms with Crippen LogP contribution in [0, 0.1) is 0 Å². The van der Waals surface area contributed by atoms with Gasteiger partial charge in [0.05, 0.1) is 0 Å². The largest absolute Gasteiger partial charge is 0.453 e. The number of nitrogens with zero attached hydrogens (tertiary/aromatic N) is 1. The Morgan fingerprint density at radius 1 is 0.500 bits per heavy atom. The molecule has 0 aromatic rings. The quantitative estimate of drug-likeness (QED) is 0.523. The van der Waals surface area contributed by atoms with Gasteiger partial charge in [0.25, 0.3) is 0 Å². The Kier molecular flexibility index (Phi) is 2.82. The molecule has 22 heavy (non-hydrogen) atoms. The number of hydroxylamine groups is 2. The van der Waals surface area contributed by atoms with E-state index in [9.17, 15) is 57.1 Å². The Balaban J connectivity index is 2.69. The average Bonchev–Trinajstić information content (AvgIpc) is 2.37. The van der Waals surface area contributed by atoms with E-state index in [-0.39, 0.29) is 0 Å². The molecular weight excluding hydrogens is 361 g/mol. The van der Waals surface area contributed by atoms with Gasteiger partial charge in [0.15, 0.2) is 0 Å². The normalized spacial score (nSPS) is 35.9. The van der Waals surface area contributed by atoms with Crippen molar-refractivity contribution in [1.82, 2.24) is 5.06 Å². The third-order valence-electron chi connectivity index (χ3n) is 3.11. The first-order valence-corrected chi connectivity index (χ1v) is 4.79. The maximum atomic E-state index is 13.7. The Hall–Kier alpha value is -0.990. The molecule has 0 aromatic carbocycles. The van der Waals surface area contributed by atoms with E-state index in [1.54, 1.807) is 0 Å². The predicted molar refractivity (Wildman–Crippen MR) is 36.4 cm³/mol. The lowest BCUT2D eigenvalue weighted by Crippen LogP contribution is -2.80. The van der Waals surface area contributed by atoms with Gasteiger partial charge in [-0.15, -0.1) is 0 Å². The summed E-state index contributed by atoms with van der Waals surface area (Å²) in [5.41, 5.74) is 0. The van der Waals surface area contributed by atoms with Gasteiger partial charge in [0, 0.05) is 0 Å². The monoisotopic (exact) mass is 361 g/mol. The Morgan fingerprint density at radius 2 is 0.818 bits per heavy atom. The highest BCUT2D eigenvalue weighted by atomic mass is 19.4. The standard InChI is InChI=1S/C7F13NO/c8-1(9)2(10,11)4(14,15)5(16,3(1,12)13)21-6(17,18)7(19,20)22-21. The second-order valence-electron chi connectivity index (χ2n) is 4.36. The highest BCUT2D eigenvalue weighted by molar-refractivity contribution is 5.26. The fourth-order valence-electron chi connectivity index (χ4n) is 1.83. The zero-order valence-electron chi connectivity index (χ0n) is 9.27. The van der Waals surface area contributed by atoms with E-state index >= 15 is 0 Å². The van der Waals surface area contributed by atoms with Crippen molar-refractivity contribution in [3.63, 3.8) is 0 Å². The zero-order chi connectivity index (χ0) is 17.8. The number of halogens is 13. The molecule has 0 atom stereocenters. The summed E-state index contributed by atoms with van der Waals surface area (Å²) in [5.74, 6) is -35.7. The van der Waals surface area contributed by atoms with Crippen LogP contribution >= 0.6 is 0 Å². The lowest BCUT2D eigenvalue weighted by molar-refractivity contribution is -0.639. The summed E-state index contributed by atoms with van der Waals surface area (Å²) in [4.78, 5) is 2.34. The minimum atomic E-state index is -7.20. The van der Waals surface area contributed by atoms with E-state index in [1.165, 1.54) is 0 Å². The molecule has 0 unspecified atom stereocenters. The Bertz CT molecular complexity index is 487. The molecule has 15 heteroatoms. The smallest absolute Gasteiger partial charge is 0.214 e. The molecule has 0 amide bonds. The summed E-state index contributed by atoms with van der Waals surface area (Å²) in [5, 5.41) is -2.87. The van der Waals surface area contributed by atoms with Gasteiger partial charge in [-0.3, -0.25) is 0 Å². The average molecular weight is 361 g/mol. The number of alkyl halides is 13. The van der Waals surface area contributed by atoms with E-state index in [4.69, 9.17) is 0 Å². The molecule has 0 spiro atoms. The molecule has 0 aromatic heterocycles. The van der Waals surface area contributed by atoms with Crippen LogP contribution in [0.5, 0.6) is 0 Å². The highest BCUT2D eigenvalue weighted by Gasteiger charge is 3.05. The van der Waals surface area contributed by atoms with Gasteiger partial charge >= 0.3 is 41.6 Å². The predicted octanol–water partition coefficient (Wildman–Crippen LogP) is 3.64. The van der Waals surface area contributed by atoms with E-state index in [0.717, 1.165) is 0 Å². The molecule has 2 aliphatic rings. The molecule has 1 heterocycles. The molecule has 0 bridgehead atoms. The van der Waals surface area contributed by atoms with Crippen molar-refractivity contribution < 1.29 is 61.9 Å². The van der Waals surface area contributed by atoms with Gasteiger partial charge in [0.1, 0.15) is 0 Å². The fraction of sp³-hybridized carbons (Fsp3) is 1.00. The SMILES string of the molecule is FC1(F)ON(C2(F)C(F)(F)C(F)(F)C(F)(F)C2(F)F)C1(F)F. The third-order valence-corrected chi connectivity index (χ3v) is 3.11. The van der Waals surface area contributed by atoms with Gasteiger partial charge in [-0.1, -0.05) is 5.06 Å². The van der Waals surface area contributed by atoms with Gasteiger partial charge in [-0.25, -0.2) is 9.23 Å². The van der Waals surface area contributed by atoms with Crippen molar-refractivity contribution in [2.75, 3.05) is 0 Å². The van der Waals surface area contributed by atoms with E-state index in [2.05, 4.69) is 4.84 Å². The zero-order valence-corrected chi connectivity index (χ0v) is 9.27. The Labute approximate surface area is 110 Å². The van der Waals surface area contributed by atoms with E-state index in [0.29, 0.717) is 0 Å². The minimum Gasteiger partial charge on any atom is -0.214 e. The van der Waals surface area contributed by atoms with Gasteiger partial charge < -0.3 is 0 Å². The maximum absolute atomic E-state index is 13.7. The molecule has 1 aliphatic carbocycles. The van der Waals surface area contributed by atoms with Crippen LogP contribution in [0.1, 0.15) is 0 Å². The molecular formula is C7F13NO. The van der Waals surface area contributed by atoms with Crippen LogP contribution in [0.25, 0.3) is 0 Å². The molecule has 1 aliphatic heterocycles. The first kappa shape index (κ1) is 17.4. The van der Waals surface area contributed by atoms with Crippen LogP contribution in [-0.4, -0.2) is 46.7 Å². The lowest BCUT2D eigenvalue weighted by atomic mass is 10.1. The summed E-state index contributed by atoms with van der Waals surface area (Å²) in [6.45, 7) is 0. The van der Waals surface area contributed by atoms with Gasteiger partial charge in [0.2, 0.25) is 0 Å². The molecule has 2 fully saturated rings. The van der Waals surface area contributed by atoms with E-state index in [1.807, 2.05) is 0 Å². The molecule has 2 nitrogen and oxygen atoms in total. The molecule has 130 valence electrons. The van der Waals surface area contributed by atoms with Crippen LogP contribution in [0.2, 0.25) is 0 Å². The van der Waals surface area contributed by atoms with Gasteiger partial charge in [-0.05, 0) is 0 Å². The third kappa shape index (κ3) is 1.26.